The highest BCUT2D eigenvalue weighted by atomic mass is 32.1. The van der Waals surface area contributed by atoms with E-state index in [0.29, 0.717) is 12.1 Å². The van der Waals surface area contributed by atoms with Gasteiger partial charge in [-0.2, -0.15) is 0 Å². The number of carbonyl (C=O) groups is 1. The summed E-state index contributed by atoms with van der Waals surface area (Å²) in [5.41, 5.74) is 2.59. The van der Waals surface area contributed by atoms with Gasteiger partial charge in [0.1, 0.15) is 5.60 Å². The third kappa shape index (κ3) is 5.77. The van der Waals surface area contributed by atoms with Gasteiger partial charge in [-0.3, -0.25) is 0 Å². The number of alkyl carbamates (subject to hydrolysis) is 1. The van der Waals surface area contributed by atoms with Crippen molar-refractivity contribution in [1.82, 2.24) is 15.6 Å². The van der Waals surface area contributed by atoms with Crippen LogP contribution in [0.4, 0.5) is 4.79 Å². The maximum atomic E-state index is 11.8. The fourth-order valence-corrected chi connectivity index (χ4v) is 3.85. The lowest BCUT2D eigenvalue weighted by Gasteiger charge is -2.32. The van der Waals surface area contributed by atoms with Gasteiger partial charge in [-0.05, 0) is 60.3 Å². The molecule has 1 amide bonds. The van der Waals surface area contributed by atoms with Crippen molar-refractivity contribution in [2.75, 3.05) is 0 Å². The molecule has 0 radical (unpaired) electrons. The number of rotatable bonds is 4. The predicted octanol–water partition coefficient (Wildman–Crippen LogP) is 3.94. The molecule has 0 spiro atoms. The van der Waals surface area contributed by atoms with E-state index in [9.17, 15) is 4.79 Å². The van der Waals surface area contributed by atoms with Crippen molar-refractivity contribution >= 4 is 17.4 Å². The highest BCUT2D eigenvalue weighted by Crippen LogP contribution is 2.25. The Morgan fingerprint density at radius 1 is 1.30 bits per heavy atom. The van der Waals surface area contributed by atoms with E-state index in [1.807, 2.05) is 26.3 Å². The van der Waals surface area contributed by atoms with E-state index in [-0.39, 0.29) is 12.1 Å². The Labute approximate surface area is 143 Å². The van der Waals surface area contributed by atoms with Gasteiger partial charge < -0.3 is 15.4 Å². The van der Waals surface area contributed by atoms with E-state index in [1.165, 1.54) is 4.88 Å². The molecule has 1 fully saturated rings. The molecule has 1 aromatic rings. The molecule has 1 heterocycles. The summed E-state index contributed by atoms with van der Waals surface area (Å²) in [6.45, 7) is 9.92. The molecule has 2 N–H and O–H groups in total. The molecule has 6 heteroatoms. The second-order valence-electron chi connectivity index (χ2n) is 7.39. The first-order valence-corrected chi connectivity index (χ1v) is 9.28. The van der Waals surface area contributed by atoms with E-state index in [0.717, 1.165) is 31.4 Å². The van der Waals surface area contributed by atoms with E-state index in [1.54, 1.807) is 11.3 Å². The number of nitrogens with zero attached hydrogens (tertiary/aromatic N) is 1. The molecule has 1 aromatic heterocycles. The van der Waals surface area contributed by atoms with Crippen LogP contribution in [0.3, 0.4) is 0 Å². The SMILES string of the molecule is Cc1ncsc1C(C)NC1CCC(NC(=O)OC(C)(C)C)CC1. The van der Waals surface area contributed by atoms with Crippen molar-refractivity contribution in [3.05, 3.63) is 16.1 Å². The second-order valence-corrected chi connectivity index (χ2v) is 8.27. The van der Waals surface area contributed by atoms with Gasteiger partial charge in [0.15, 0.2) is 0 Å². The zero-order valence-electron chi connectivity index (χ0n) is 14.8. The maximum absolute atomic E-state index is 11.8. The van der Waals surface area contributed by atoms with Crippen molar-refractivity contribution in [2.24, 2.45) is 0 Å². The number of aromatic nitrogens is 1. The van der Waals surface area contributed by atoms with Crippen LogP contribution in [0.5, 0.6) is 0 Å². The molecular formula is C17H29N3O2S. The molecule has 1 unspecified atom stereocenters. The highest BCUT2D eigenvalue weighted by Gasteiger charge is 2.26. The first kappa shape index (κ1) is 18.2. The summed E-state index contributed by atoms with van der Waals surface area (Å²) in [5, 5.41) is 6.69. The van der Waals surface area contributed by atoms with Gasteiger partial charge >= 0.3 is 6.09 Å². The predicted molar refractivity (Wildman–Crippen MR) is 93.8 cm³/mol. The lowest BCUT2D eigenvalue weighted by Crippen LogP contribution is -2.44. The molecule has 1 atom stereocenters. The van der Waals surface area contributed by atoms with Crippen LogP contribution in [0, 0.1) is 6.92 Å². The molecule has 2 rings (SSSR count). The lowest BCUT2D eigenvalue weighted by molar-refractivity contribution is 0.0489. The average molecular weight is 340 g/mol. The first-order valence-electron chi connectivity index (χ1n) is 8.40. The number of ether oxygens (including phenoxy) is 1. The topological polar surface area (TPSA) is 63.2 Å². The van der Waals surface area contributed by atoms with Gasteiger partial charge in [0.2, 0.25) is 0 Å². The fraction of sp³-hybridized carbons (Fsp3) is 0.765. The summed E-state index contributed by atoms with van der Waals surface area (Å²) < 4.78 is 5.32. The van der Waals surface area contributed by atoms with Crippen LogP contribution in [0.25, 0.3) is 0 Å². The van der Waals surface area contributed by atoms with Gasteiger partial charge in [0.05, 0.1) is 11.2 Å². The van der Waals surface area contributed by atoms with Crippen molar-refractivity contribution in [2.45, 2.75) is 84.0 Å². The summed E-state index contributed by atoms with van der Waals surface area (Å²) in [5.74, 6) is 0. The van der Waals surface area contributed by atoms with Crippen LogP contribution < -0.4 is 10.6 Å². The average Bonchev–Trinajstić information content (AvgIpc) is 2.85. The van der Waals surface area contributed by atoms with Crippen LogP contribution >= 0.6 is 11.3 Å². The molecular weight excluding hydrogens is 310 g/mol. The molecule has 5 nitrogen and oxygen atoms in total. The van der Waals surface area contributed by atoms with Crippen LogP contribution in [0.1, 0.15) is 70.0 Å². The van der Waals surface area contributed by atoms with Crippen molar-refractivity contribution in [1.29, 1.82) is 0 Å². The summed E-state index contributed by atoms with van der Waals surface area (Å²) in [4.78, 5) is 17.5. The monoisotopic (exact) mass is 339 g/mol. The Balaban J connectivity index is 1.74. The third-order valence-corrected chi connectivity index (χ3v) is 5.22. The molecule has 0 bridgehead atoms. The maximum Gasteiger partial charge on any atom is 0.407 e. The van der Waals surface area contributed by atoms with Crippen LogP contribution in [0.15, 0.2) is 5.51 Å². The molecule has 1 aliphatic carbocycles. The Bertz CT molecular complexity index is 516. The molecule has 130 valence electrons. The zero-order chi connectivity index (χ0) is 17.0. The summed E-state index contributed by atoms with van der Waals surface area (Å²) in [7, 11) is 0. The van der Waals surface area contributed by atoms with E-state index < -0.39 is 5.60 Å². The number of aryl methyl sites for hydroxylation is 1. The van der Waals surface area contributed by atoms with Crippen molar-refractivity contribution in [3.63, 3.8) is 0 Å². The first-order chi connectivity index (χ1) is 10.7. The Morgan fingerprint density at radius 2 is 1.91 bits per heavy atom. The van der Waals surface area contributed by atoms with E-state index >= 15 is 0 Å². The molecule has 0 saturated heterocycles. The largest absolute Gasteiger partial charge is 0.444 e. The molecule has 0 aliphatic heterocycles. The van der Waals surface area contributed by atoms with E-state index in [4.69, 9.17) is 4.74 Å². The lowest BCUT2D eigenvalue weighted by atomic mass is 9.90. The molecule has 23 heavy (non-hydrogen) atoms. The summed E-state index contributed by atoms with van der Waals surface area (Å²) in [6.07, 6.45) is 3.82. The van der Waals surface area contributed by atoms with Gasteiger partial charge in [-0.15, -0.1) is 11.3 Å². The van der Waals surface area contributed by atoms with Crippen LogP contribution in [-0.2, 0) is 4.74 Å². The normalized spacial score (nSPS) is 23.3. The number of thiazole rings is 1. The minimum absolute atomic E-state index is 0.225. The molecule has 0 aromatic carbocycles. The number of hydrogen-bond donors (Lipinski definition) is 2. The molecule has 1 aliphatic rings. The van der Waals surface area contributed by atoms with Crippen LogP contribution in [0.2, 0.25) is 0 Å². The van der Waals surface area contributed by atoms with Crippen molar-refractivity contribution < 1.29 is 9.53 Å². The fourth-order valence-electron chi connectivity index (χ4n) is 3.03. The Kier molecular flexibility index (Phi) is 6.03. The van der Waals surface area contributed by atoms with Gasteiger partial charge in [0, 0.05) is 23.0 Å². The number of nitrogens with one attached hydrogen (secondary N) is 2. The van der Waals surface area contributed by atoms with E-state index in [2.05, 4.69) is 29.5 Å². The zero-order valence-corrected chi connectivity index (χ0v) is 15.6. The minimum atomic E-state index is -0.440. The standard InChI is InChI=1S/C17H29N3O2S/c1-11-15(23-10-18-11)12(2)19-13-6-8-14(9-7-13)20-16(21)22-17(3,4)5/h10,12-14,19H,6-9H2,1-5H3,(H,20,21). The Hall–Kier alpha value is -1.14. The minimum Gasteiger partial charge on any atom is -0.444 e. The quantitative estimate of drug-likeness (QED) is 0.872. The Morgan fingerprint density at radius 3 is 2.43 bits per heavy atom. The molecule has 1 saturated carbocycles. The number of carbonyl (C=O) groups excluding carboxylic acids is 1. The highest BCUT2D eigenvalue weighted by molar-refractivity contribution is 7.09. The summed E-state index contributed by atoms with van der Waals surface area (Å²) in [6, 6.07) is 1.06. The smallest absolute Gasteiger partial charge is 0.407 e. The van der Waals surface area contributed by atoms with Crippen molar-refractivity contribution in [3.8, 4) is 0 Å². The van der Waals surface area contributed by atoms with Gasteiger partial charge in [-0.25, -0.2) is 9.78 Å². The van der Waals surface area contributed by atoms with Crippen LogP contribution in [-0.4, -0.2) is 28.8 Å². The van der Waals surface area contributed by atoms with Gasteiger partial charge in [-0.1, -0.05) is 0 Å². The third-order valence-electron chi connectivity index (χ3n) is 4.11. The second kappa shape index (κ2) is 7.62. The summed E-state index contributed by atoms with van der Waals surface area (Å²) >= 11 is 1.71. The van der Waals surface area contributed by atoms with Gasteiger partial charge in [0.25, 0.3) is 0 Å². The number of amides is 1. The number of hydrogen-bond acceptors (Lipinski definition) is 5.